The Kier molecular flexibility index (Phi) is 6.91. The van der Waals surface area contributed by atoms with Gasteiger partial charge in [-0.15, -0.1) is 0 Å². The molecule has 2 aromatic carbocycles. The average molecular weight is 444 g/mol. The standard InChI is InChI=1S/C22H22ClN3O5/c1-13-5-3-6-15(9-13)21(29)25-26-11-16(10-20(26)28)22(30)31-12-19(27)24-18-8-4-7-17(23)14(18)2/h3-9,16H,10-12H2,1-2H3,(H,24,27)(H,25,29)/t16-/m1/s1. The lowest BCUT2D eigenvalue weighted by atomic mass is 10.1. The summed E-state index contributed by atoms with van der Waals surface area (Å²) in [7, 11) is 0. The molecule has 0 spiro atoms. The summed E-state index contributed by atoms with van der Waals surface area (Å²) in [4.78, 5) is 48.9. The Morgan fingerprint density at radius 3 is 2.65 bits per heavy atom. The van der Waals surface area contributed by atoms with Crippen molar-refractivity contribution in [1.29, 1.82) is 0 Å². The van der Waals surface area contributed by atoms with E-state index in [0.717, 1.165) is 10.6 Å². The molecular weight excluding hydrogens is 422 g/mol. The van der Waals surface area contributed by atoms with Gasteiger partial charge >= 0.3 is 5.97 Å². The predicted molar refractivity (Wildman–Crippen MR) is 114 cm³/mol. The number of aryl methyl sites for hydroxylation is 1. The van der Waals surface area contributed by atoms with Crippen LogP contribution >= 0.6 is 11.6 Å². The maximum Gasteiger partial charge on any atom is 0.311 e. The number of anilines is 1. The minimum absolute atomic E-state index is 0.0236. The summed E-state index contributed by atoms with van der Waals surface area (Å²) in [6.45, 7) is 3.09. The Morgan fingerprint density at radius 1 is 1.16 bits per heavy atom. The molecule has 0 radical (unpaired) electrons. The third-order valence-corrected chi connectivity index (χ3v) is 5.27. The molecule has 1 aliphatic rings. The second-order valence-corrected chi connectivity index (χ2v) is 7.69. The minimum Gasteiger partial charge on any atom is -0.455 e. The van der Waals surface area contributed by atoms with E-state index in [9.17, 15) is 19.2 Å². The summed E-state index contributed by atoms with van der Waals surface area (Å²) in [5.74, 6) is -2.82. The molecule has 3 rings (SSSR count). The highest BCUT2D eigenvalue weighted by Gasteiger charge is 2.36. The molecular formula is C22H22ClN3O5. The van der Waals surface area contributed by atoms with Crippen LogP contribution in [0.15, 0.2) is 42.5 Å². The van der Waals surface area contributed by atoms with E-state index < -0.39 is 36.2 Å². The Bertz CT molecular complexity index is 1040. The zero-order chi connectivity index (χ0) is 22.5. The zero-order valence-electron chi connectivity index (χ0n) is 17.1. The van der Waals surface area contributed by atoms with Gasteiger partial charge in [0.15, 0.2) is 6.61 Å². The van der Waals surface area contributed by atoms with E-state index in [1.54, 1.807) is 43.3 Å². The summed E-state index contributed by atoms with van der Waals surface area (Å²) in [6, 6.07) is 12.0. The molecule has 0 aromatic heterocycles. The number of carbonyl (C=O) groups is 4. The van der Waals surface area contributed by atoms with Gasteiger partial charge in [0.2, 0.25) is 5.91 Å². The van der Waals surface area contributed by atoms with Crippen LogP contribution in [0.4, 0.5) is 5.69 Å². The van der Waals surface area contributed by atoms with Crippen LogP contribution in [0.5, 0.6) is 0 Å². The Labute approximate surface area is 184 Å². The number of halogens is 1. The third kappa shape index (κ3) is 5.61. The molecule has 1 atom stereocenters. The molecule has 0 bridgehead atoms. The molecule has 1 fully saturated rings. The minimum atomic E-state index is -0.772. The molecule has 1 heterocycles. The summed E-state index contributed by atoms with van der Waals surface area (Å²) in [6.07, 6.45) is -0.109. The number of hydrogen-bond donors (Lipinski definition) is 2. The fourth-order valence-electron chi connectivity index (χ4n) is 3.13. The number of carbonyl (C=O) groups excluding carboxylic acids is 4. The van der Waals surface area contributed by atoms with Crippen molar-refractivity contribution in [1.82, 2.24) is 10.4 Å². The van der Waals surface area contributed by atoms with E-state index in [1.807, 2.05) is 13.0 Å². The van der Waals surface area contributed by atoms with E-state index >= 15 is 0 Å². The van der Waals surface area contributed by atoms with Crippen molar-refractivity contribution in [3.63, 3.8) is 0 Å². The third-order valence-electron chi connectivity index (χ3n) is 4.86. The number of esters is 1. The molecule has 3 amide bonds. The quantitative estimate of drug-likeness (QED) is 0.668. The van der Waals surface area contributed by atoms with Crippen LogP contribution in [0, 0.1) is 19.8 Å². The van der Waals surface area contributed by atoms with Crippen molar-refractivity contribution in [3.05, 3.63) is 64.2 Å². The first-order valence-electron chi connectivity index (χ1n) is 9.64. The normalized spacial score (nSPS) is 15.5. The number of rotatable bonds is 6. The van der Waals surface area contributed by atoms with Crippen molar-refractivity contribution in [3.8, 4) is 0 Å². The van der Waals surface area contributed by atoms with Crippen LogP contribution in [-0.4, -0.2) is 41.9 Å². The van der Waals surface area contributed by atoms with Crippen LogP contribution < -0.4 is 10.7 Å². The first-order valence-corrected chi connectivity index (χ1v) is 10.0. The highest BCUT2D eigenvalue weighted by atomic mass is 35.5. The van der Waals surface area contributed by atoms with Crippen molar-refractivity contribution in [2.24, 2.45) is 5.92 Å². The van der Waals surface area contributed by atoms with Crippen LogP contribution in [0.3, 0.4) is 0 Å². The highest BCUT2D eigenvalue weighted by molar-refractivity contribution is 6.31. The molecule has 0 unspecified atom stereocenters. The molecule has 1 saturated heterocycles. The van der Waals surface area contributed by atoms with Gasteiger partial charge in [-0.2, -0.15) is 0 Å². The lowest BCUT2D eigenvalue weighted by Gasteiger charge is -2.17. The Balaban J connectivity index is 1.50. The zero-order valence-corrected chi connectivity index (χ0v) is 17.9. The summed E-state index contributed by atoms with van der Waals surface area (Å²) < 4.78 is 5.06. The summed E-state index contributed by atoms with van der Waals surface area (Å²) in [5, 5.41) is 4.24. The highest BCUT2D eigenvalue weighted by Crippen LogP contribution is 2.23. The van der Waals surface area contributed by atoms with Gasteiger partial charge in [-0.3, -0.25) is 29.6 Å². The second-order valence-electron chi connectivity index (χ2n) is 7.28. The molecule has 9 heteroatoms. The van der Waals surface area contributed by atoms with Gasteiger partial charge in [0.25, 0.3) is 11.8 Å². The maximum atomic E-state index is 12.3. The van der Waals surface area contributed by atoms with Crippen molar-refractivity contribution in [2.45, 2.75) is 20.3 Å². The number of benzene rings is 2. The van der Waals surface area contributed by atoms with Crippen molar-refractivity contribution in [2.75, 3.05) is 18.5 Å². The topological polar surface area (TPSA) is 105 Å². The monoisotopic (exact) mass is 443 g/mol. The smallest absolute Gasteiger partial charge is 0.311 e. The van der Waals surface area contributed by atoms with E-state index in [1.165, 1.54) is 0 Å². The van der Waals surface area contributed by atoms with Crippen molar-refractivity contribution < 1.29 is 23.9 Å². The number of nitrogens with zero attached hydrogens (tertiary/aromatic N) is 1. The molecule has 8 nitrogen and oxygen atoms in total. The lowest BCUT2D eigenvalue weighted by Crippen LogP contribution is -2.43. The van der Waals surface area contributed by atoms with E-state index in [2.05, 4.69) is 10.7 Å². The van der Waals surface area contributed by atoms with Crippen LogP contribution in [-0.2, 0) is 19.1 Å². The van der Waals surface area contributed by atoms with Gasteiger partial charge in [-0.05, 0) is 43.7 Å². The predicted octanol–water partition coefficient (Wildman–Crippen LogP) is 2.63. The van der Waals surface area contributed by atoms with E-state index in [-0.39, 0.29) is 13.0 Å². The SMILES string of the molecule is Cc1cccc(C(=O)NN2C[C@H](C(=O)OCC(=O)Nc3cccc(Cl)c3C)CC2=O)c1. The van der Waals surface area contributed by atoms with Gasteiger partial charge in [0.1, 0.15) is 0 Å². The van der Waals surface area contributed by atoms with Crippen LogP contribution in [0.25, 0.3) is 0 Å². The maximum absolute atomic E-state index is 12.3. The van der Waals surface area contributed by atoms with E-state index in [0.29, 0.717) is 21.8 Å². The fraction of sp³-hybridized carbons (Fsp3) is 0.273. The summed E-state index contributed by atoms with van der Waals surface area (Å²) in [5.41, 5.74) is 5.05. The van der Waals surface area contributed by atoms with Gasteiger partial charge in [-0.25, -0.2) is 0 Å². The van der Waals surface area contributed by atoms with Crippen LogP contribution in [0.1, 0.15) is 27.9 Å². The number of nitrogens with one attached hydrogen (secondary N) is 2. The lowest BCUT2D eigenvalue weighted by molar-refractivity contribution is -0.151. The molecule has 2 N–H and O–H groups in total. The molecule has 31 heavy (non-hydrogen) atoms. The van der Waals surface area contributed by atoms with Crippen LogP contribution in [0.2, 0.25) is 5.02 Å². The molecule has 0 saturated carbocycles. The molecule has 2 aromatic rings. The summed E-state index contributed by atoms with van der Waals surface area (Å²) >= 11 is 6.02. The van der Waals surface area contributed by atoms with Gasteiger partial charge in [0, 0.05) is 22.7 Å². The fourth-order valence-corrected chi connectivity index (χ4v) is 3.31. The first kappa shape index (κ1) is 22.3. The number of ether oxygens (including phenoxy) is 1. The Hall–Kier alpha value is -3.39. The molecule has 1 aliphatic heterocycles. The first-order chi connectivity index (χ1) is 14.7. The van der Waals surface area contributed by atoms with Gasteiger partial charge in [0.05, 0.1) is 12.5 Å². The van der Waals surface area contributed by atoms with Gasteiger partial charge in [-0.1, -0.05) is 35.4 Å². The Morgan fingerprint density at radius 2 is 1.90 bits per heavy atom. The molecule has 162 valence electrons. The number of hydrogen-bond acceptors (Lipinski definition) is 5. The number of hydrazine groups is 1. The average Bonchev–Trinajstić information content (AvgIpc) is 3.10. The molecule has 0 aliphatic carbocycles. The largest absolute Gasteiger partial charge is 0.455 e. The second kappa shape index (κ2) is 9.61. The van der Waals surface area contributed by atoms with E-state index in [4.69, 9.17) is 16.3 Å². The van der Waals surface area contributed by atoms with Crippen molar-refractivity contribution >= 4 is 41.0 Å². The van der Waals surface area contributed by atoms with Gasteiger partial charge < -0.3 is 10.1 Å². The number of amides is 3.